The van der Waals surface area contributed by atoms with Crippen LogP contribution in [0, 0.1) is 11.3 Å². The van der Waals surface area contributed by atoms with Gasteiger partial charge in [0.2, 0.25) is 5.91 Å². The van der Waals surface area contributed by atoms with Gasteiger partial charge in [0.05, 0.1) is 11.6 Å². The summed E-state index contributed by atoms with van der Waals surface area (Å²) in [7, 11) is 0. The Balaban J connectivity index is 1.76. The molecule has 0 unspecified atom stereocenters. The standard InChI is InChI=1S/C15H14N2OS/c16-11-12-6-8-13(9-7-12)17-15(18)5-1-3-14-4-2-10-19-14/h2,4,6-10H,1,3,5H2,(H,17,18). The van der Waals surface area contributed by atoms with Gasteiger partial charge >= 0.3 is 0 Å². The fourth-order valence-corrected chi connectivity index (χ4v) is 2.48. The lowest BCUT2D eigenvalue weighted by molar-refractivity contribution is -0.116. The van der Waals surface area contributed by atoms with Gasteiger partial charge in [-0.25, -0.2) is 0 Å². The second kappa shape index (κ2) is 6.72. The van der Waals surface area contributed by atoms with Crippen LogP contribution in [0.2, 0.25) is 0 Å². The van der Waals surface area contributed by atoms with E-state index in [2.05, 4.69) is 11.4 Å². The number of hydrogen-bond donors (Lipinski definition) is 1. The molecule has 0 spiro atoms. The van der Waals surface area contributed by atoms with Crippen LogP contribution in [-0.4, -0.2) is 5.91 Å². The Morgan fingerprint density at radius 1 is 1.26 bits per heavy atom. The molecule has 0 aliphatic rings. The highest BCUT2D eigenvalue weighted by Gasteiger charge is 2.03. The van der Waals surface area contributed by atoms with Crippen LogP contribution in [0.4, 0.5) is 5.69 Å². The van der Waals surface area contributed by atoms with Crippen molar-refractivity contribution in [2.45, 2.75) is 19.3 Å². The summed E-state index contributed by atoms with van der Waals surface area (Å²) in [5, 5.41) is 13.6. The largest absolute Gasteiger partial charge is 0.326 e. The Hall–Kier alpha value is -2.12. The number of nitrogens with one attached hydrogen (secondary N) is 1. The first-order valence-corrected chi connectivity index (χ1v) is 6.98. The van der Waals surface area contributed by atoms with E-state index < -0.39 is 0 Å². The molecule has 0 aliphatic carbocycles. The Morgan fingerprint density at radius 2 is 2.05 bits per heavy atom. The van der Waals surface area contributed by atoms with E-state index in [1.165, 1.54) is 4.88 Å². The van der Waals surface area contributed by atoms with Crippen molar-refractivity contribution in [2.75, 3.05) is 5.32 Å². The van der Waals surface area contributed by atoms with Gasteiger partial charge in [0.15, 0.2) is 0 Å². The van der Waals surface area contributed by atoms with Crippen LogP contribution in [-0.2, 0) is 11.2 Å². The van der Waals surface area contributed by atoms with Crippen LogP contribution in [0.15, 0.2) is 41.8 Å². The zero-order valence-corrected chi connectivity index (χ0v) is 11.2. The molecule has 1 N–H and O–H groups in total. The molecule has 0 aliphatic heterocycles. The summed E-state index contributed by atoms with van der Waals surface area (Å²) < 4.78 is 0. The van der Waals surface area contributed by atoms with Gasteiger partial charge in [-0.2, -0.15) is 5.26 Å². The van der Waals surface area contributed by atoms with Gasteiger partial charge in [-0.3, -0.25) is 4.79 Å². The molecular weight excluding hydrogens is 256 g/mol. The van der Waals surface area contributed by atoms with Crippen molar-refractivity contribution >= 4 is 22.9 Å². The Morgan fingerprint density at radius 3 is 2.68 bits per heavy atom. The van der Waals surface area contributed by atoms with Crippen molar-refractivity contribution in [1.82, 2.24) is 0 Å². The highest BCUT2D eigenvalue weighted by Crippen LogP contribution is 2.13. The van der Waals surface area contributed by atoms with Crippen LogP contribution < -0.4 is 5.32 Å². The smallest absolute Gasteiger partial charge is 0.224 e. The molecule has 3 nitrogen and oxygen atoms in total. The predicted octanol–water partition coefficient (Wildman–Crippen LogP) is 3.58. The third kappa shape index (κ3) is 4.23. The molecule has 1 aromatic carbocycles. The summed E-state index contributed by atoms with van der Waals surface area (Å²) in [6, 6.07) is 13.0. The second-order valence-electron chi connectivity index (χ2n) is 4.17. The molecule has 96 valence electrons. The van der Waals surface area contributed by atoms with Crippen molar-refractivity contribution < 1.29 is 4.79 Å². The number of hydrogen-bond acceptors (Lipinski definition) is 3. The van der Waals surface area contributed by atoms with Crippen LogP contribution in [0.1, 0.15) is 23.3 Å². The summed E-state index contributed by atoms with van der Waals surface area (Å²) in [4.78, 5) is 13.0. The van der Waals surface area contributed by atoms with E-state index in [1.54, 1.807) is 35.6 Å². The van der Waals surface area contributed by atoms with Gasteiger partial charge in [-0.05, 0) is 48.6 Å². The van der Waals surface area contributed by atoms with Crippen molar-refractivity contribution in [1.29, 1.82) is 5.26 Å². The molecule has 1 amide bonds. The number of nitriles is 1. The van der Waals surface area contributed by atoms with Crippen molar-refractivity contribution in [2.24, 2.45) is 0 Å². The van der Waals surface area contributed by atoms with Gasteiger partial charge in [0.25, 0.3) is 0 Å². The number of rotatable bonds is 5. The first-order valence-electron chi connectivity index (χ1n) is 6.10. The summed E-state index contributed by atoms with van der Waals surface area (Å²) >= 11 is 1.72. The minimum atomic E-state index is 0.0151. The van der Waals surface area contributed by atoms with Gasteiger partial charge < -0.3 is 5.32 Å². The second-order valence-corrected chi connectivity index (χ2v) is 5.20. The van der Waals surface area contributed by atoms with Crippen molar-refractivity contribution in [3.63, 3.8) is 0 Å². The van der Waals surface area contributed by atoms with E-state index in [4.69, 9.17) is 5.26 Å². The average Bonchev–Trinajstić information content (AvgIpc) is 2.93. The normalized spacial score (nSPS) is 9.84. The third-order valence-corrected chi connectivity index (χ3v) is 3.64. The number of nitrogens with zero attached hydrogens (tertiary/aromatic N) is 1. The van der Waals surface area contributed by atoms with E-state index in [-0.39, 0.29) is 5.91 Å². The molecule has 1 heterocycles. The quantitative estimate of drug-likeness (QED) is 0.902. The number of aryl methyl sites for hydroxylation is 1. The Bertz CT molecular complexity index is 567. The summed E-state index contributed by atoms with van der Waals surface area (Å²) in [6.07, 6.45) is 2.30. The SMILES string of the molecule is N#Cc1ccc(NC(=O)CCCc2cccs2)cc1. The molecular formula is C15H14N2OS. The molecule has 0 fully saturated rings. The van der Waals surface area contributed by atoms with Gasteiger partial charge in [-0.15, -0.1) is 11.3 Å². The molecule has 4 heteroatoms. The molecule has 2 rings (SSSR count). The lowest BCUT2D eigenvalue weighted by atomic mass is 10.2. The lowest BCUT2D eigenvalue weighted by Gasteiger charge is -2.04. The summed E-state index contributed by atoms with van der Waals surface area (Å²) in [5.74, 6) is 0.0151. The first-order chi connectivity index (χ1) is 9.28. The van der Waals surface area contributed by atoms with Gasteiger partial charge in [0.1, 0.15) is 0 Å². The van der Waals surface area contributed by atoms with E-state index in [1.807, 2.05) is 17.5 Å². The molecule has 0 radical (unpaired) electrons. The molecule has 0 bridgehead atoms. The maximum Gasteiger partial charge on any atom is 0.224 e. The van der Waals surface area contributed by atoms with E-state index in [0.29, 0.717) is 12.0 Å². The topological polar surface area (TPSA) is 52.9 Å². The fraction of sp³-hybridized carbons (Fsp3) is 0.200. The molecule has 2 aromatic rings. The number of carbonyl (C=O) groups excluding carboxylic acids is 1. The van der Waals surface area contributed by atoms with E-state index in [9.17, 15) is 4.79 Å². The molecule has 19 heavy (non-hydrogen) atoms. The molecule has 0 atom stereocenters. The average molecular weight is 270 g/mol. The maximum atomic E-state index is 11.7. The zero-order chi connectivity index (χ0) is 13.5. The lowest BCUT2D eigenvalue weighted by Crippen LogP contribution is -2.11. The number of amides is 1. The number of thiophene rings is 1. The summed E-state index contributed by atoms with van der Waals surface area (Å²) in [5.41, 5.74) is 1.33. The Kier molecular flexibility index (Phi) is 4.71. The number of carbonyl (C=O) groups is 1. The fourth-order valence-electron chi connectivity index (χ4n) is 1.73. The minimum absolute atomic E-state index is 0.0151. The predicted molar refractivity (Wildman–Crippen MR) is 77.0 cm³/mol. The molecule has 0 saturated heterocycles. The zero-order valence-electron chi connectivity index (χ0n) is 10.4. The highest BCUT2D eigenvalue weighted by atomic mass is 32.1. The van der Waals surface area contributed by atoms with E-state index >= 15 is 0 Å². The molecule has 0 saturated carbocycles. The van der Waals surface area contributed by atoms with Crippen LogP contribution in [0.5, 0.6) is 0 Å². The monoisotopic (exact) mass is 270 g/mol. The Labute approximate surface area is 116 Å². The van der Waals surface area contributed by atoms with Gasteiger partial charge in [-0.1, -0.05) is 6.07 Å². The number of benzene rings is 1. The maximum absolute atomic E-state index is 11.7. The van der Waals surface area contributed by atoms with Crippen molar-refractivity contribution in [3.05, 3.63) is 52.2 Å². The van der Waals surface area contributed by atoms with Crippen LogP contribution in [0.3, 0.4) is 0 Å². The third-order valence-electron chi connectivity index (χ3n) is 2.70. The molecule has 1 aromatic heterocycles. The van der Waals surface area contributed by atoms with Crippen molar-refractivity contribution in [3.8, 4) is 6.07 Å². The number of anilines is 1. The van der Waals surface area contributed by atoms with E-state index in [0.717, 1.165) is 18.5 Å². The highest BCUT2D eigenvalue weighted by molar-refractivity contribution is 7.09. The van der Waals surface area contributed by atoms with Crippen LogP contribution >= 0.6 is 11.3 Å². The summed E-state index contributed by atoms with van der Waals surface area (Å²) in [6.45, 7) is 0. The minimum Gasteiger partial charge on any atom is -0.326 e. The van der Waals surface area contributed by atoms with Crippen LogP contribution in [0.25, 0.3) is 0 Å². The first kappa shape index (κ1) is 13.3. The van der Waals surface area contributed by atoms with Gasteiger partial charge in [0, 0.05) is 17.0 Å².